The van der Waals surface area contributed by atoms with Crippen molar-refractivity contribution in [2.45, 2.75) is 44.0 Å². The summed E-state index contributed by atoms with van der Waals surface area (Å²) in [6.07, 6.45) is -2.87. The quantitative estimate of drug-likeness (QED) is 0.302. The lowest BCUT2D eigenvalue weighted by Gasteiger charge is -2.31. The highest BCUT2D eigenvalue weighted by Gasteiger charge is 2.34. The Morgan fingerprint density at radius 3 is 2.49 bits per heavy atom. The number of thiazole rings is 1. The third-order valence-corrected chi connectivity index (χ3v) is 8.81. The lowest BCUT2D eigenvalue weighted by Crippen LogP contribution is -2.41. The second-order valence-electron chi connectivity index (χ2n) is 9.57. The Labute approximate surface area is 251 Å². The first-order chi connectivity index (χ1) is 19.4. The molecule has 41 heavy (non-hydrogen) atoms. The number of piperidine rings is 1. The maximum Gasteiger partial charge on any atom is 0.417 e. The van der Waals surface area contributed by atoms with Crippen LogP contribution in [0, 0.1) is 0 Å². The third-order valence-electron chi connectivity index (χ3n) is 6.96. The molecule has 4 heterocycles. The van der Waals surface area contributed by atoms with Gasteiger partial charge in [0.25, 0.3) is 5.56 Å². The first-order valence-electron chi connectivity index (χ1n) is 12.4. The van der Waals surface area contributed by atoms with Gasteiger partial charge in [-0.05, 0) is 31.0 Å². The maximum absolute atomic E-state index is 13.3. The van der Waals surface area contributed by atoms with Crippen LogP contribution in [0.1, 0.15) is 53.1 Å². The second-order valence-corrected chi connectivity index (χ2v) is 11.7. The van der Waals surface area contributed by atoms with Crippen LogP contribution in [0.2, 0.25) is 15.1 Å². The number of rotatable bonds is 6. The van der Waals surface area contributed by atoms with Crippen LogP contribution >= 0.6 is 46.1 Å². The fourth-order valence-electron chi connectivity index (χ4n) is 4.80. The molecule has 2 aliphatic rings. The van der Waals surface area contributed by atoms with E-state index in [-0.39, 0.29) is 5.92 Å². The zero-order valence-electron chi connectivity index (χ0n) is 21.4. The molecule has 1 saturated heterocycles. The van der Waals surface area contributed by atoms with Crippen molar-refractivity contribution < 1.29 is 27.5 Å². The highest BCUT2D eigenvalue weighted by molar-refractivity contribution is 7.10. The van der Waals surface area contributed by atoms with E-state index in [4.69, 9.17) is 49.4 Å². The molecule has 1 amide bonds. The molecule has 0 saturated carbocycles. The molecule has 15 heteroatoms. The van der Waals surface area contributed by atoms with E-state index < -0.39 is 41.6 Å². The predicted octanol–water partition coefficient (Wildman–Crippen LogP) is 6.56. The molecule has 2 aliphatic heterocycles. The first kappa shape index (κ1) is 29.7. The van der Waals surface area contributed by atoms with Crippen LogP contribution in [0.5, 0.6) is 5.75 Å². The summed E-state index contributed by atoms with van der Waals surface area (Å²) < 4.78 is 45.3. The number of benzene rings is 1. The van der Waals surface area contributed by atoms with E-state index in [1.54, 1.807) is 17.0 Å². The van der Waals surface area contributed by atoms with Gasteiger partial charge in [0.1, 0.15) is 12.3 Å². The van der Waals surface area contributed by atoms with Crippen LogP contribution in [0.25, 0.3) is 0 Å². The molecule has 0 N–H and O–H groups in total. The molecule has 0 bridgehead atoms. The molecular formula is C26H22Cl3F3N4O4S. The summed E-state index contributed by atoms with van der Waals surface area (Å²) in [6.45, 7) is 0.236. The molecule has 8 nitrogen and oxygen atoms in total. The minimum Gasteiger partial charge on any atom is -0.491 e. The molecule has 1 aromatic carbocycles. The van der Waals surface area contributed by atoms with Crippen LogP contribution in [0.3, 0.4) is 0 Å². The summed E-state index contributed by atoms with van der Waals surface area (Å²) >= 11 is 20.2. The van der Waals surface area contributed by atoms with Crippen molar-refractivity contribution in [2.24, 2.45) is 5.16 Å². The van der Waals surface area contributed by atoms with Crippen molar-refractivity contribution in [3.8, 4) is 5.75 Å². The summed E-state index contributed by atoms with van der Waals surface area (Å²) in [5.41, 5.74) is 0.0812. The van der Waals surface area contributed by atoms with Gasteiger partial charge in [-0.15, -0.1) is 11.3 Å². The minimum absolute atomic E-state index is 0.0908. The second kappa shape index (κ2) is 11.8. The number of likely N-dealkylation sites (tertiary alicyclic amines) is 1. The van der Waals surface area contributed by atoms with Crippen molar-refractivity contribution >= 4 is 57.8 Å². The smallest absolute Gasteiger partial charge is 0.417 e. The van der Waals surface area contributed by atoms with Gasteiger partial charge in [-0.2, -0.15) is 13.2 Å². The number of alkyl halides is 3. The molecule has 2 aromatic heterocycles. The molecule has 1 fully saturated rings. The molecule has 3 aromatic rings. The van der Waals surface area contributed by atoms with Gasteiger partial charge in [-0.25, -0.2) is 4.98 Å². The van der Waals surface area contributed by atoms with Crippen LogP contribution in [0.4, 0.5) is 13.2 Å². The summed E-state index contributed by atoms with van der Waals surface area (Å²) in [7, 11) is 1.10. The van der Waals surface area contributed by atoms with E-state index in [9.17, 15) is 22.8 Å². The van der Waals surface area contributed by atoms with Gasteiger partial charge < -0.3 is 19.0 Å². The number of carbonyl (C=O) groups is 1. The monoisotopic (exact) mass is 648 g/mol. The Balaban J connectivity index is 1.20. The molecule has 0 radical (unpaired) electrons. The summed E-state index contributed by atoms with van der Waals surface area (Å²) in [5, 5.41) is 8.18. The summed E-state index contributed by atoms with van der Waals surface area (Å²) in [4.78, 5) is 37.2. The molecule has 0 aliphatic carbocycles. The summed E-state index contributed by atoms with van der Waals surface area (Å²) in [6, 6.07) is 3.82. The fraction of sp³-hybridized carbons (Fsp3) is 0.385. The van der Waals surface area contributed by atoms with E-state index in [1.165, 1.54) is 11.3 Å². The van der Waals surface area contributed by atoms with E-state index in [1.807, 2.05) is 5.38 Å². The van der Waals surface area contributed by atoms with E-state index in [0.717, 1.165) is 16.7 Å². The lowest BCUT2D eigenvalue weighted by atomic mass is 9.97. The number of nitrogens with zero attached hydrogens (tertiary/aromatic N) is 4. The fourth-order valence-corrected chi connectivity index (χ4v) is 6.86. The minimum atomic E-state index is -4.69. The standard InChI is InChI=1S/C26H22Cl3F3N4O4S/c1-39-21-6-14(26(30,31)32)10-36(25(21)38)11-22(37)35-4-2-13(3-5-35)24-33-19(12-41-24)18-9-20(40-34-18)23-16(28)7-15(27)8-17(23)29/h6-8,10,12-13,20H,2-5,9,11H2,1H3. The van der Waals surface area contributed by atoms with Crippen molar-refractivity contribution in [3.63, 3.8) is 0 Å². The topological polar surface area (TPSA) is 86.0 Å². The third kappa shape index (κ3) is 6.35. The highest BCUT2D eigenvalue weighted by atomic mass is 35.5. The molecule has 0 spiro atoms. The Hall–Kier alpha value is -2.80. The number of amides is 1. The Morgan fingerprint density at radius 2 is 1.85 bits per heavy atom. The average molecular weight is 650 g/mol. The predicted molar refractivity (Wildman–Crippen MR) is 149 cm³/mol. The largest absolute Gasteiger partial charge is 0.491 e. The van der Waals surface area contributed by atoms with Crippen molar-refractivity contribution in [3.05, 3.63) is 77.0 Å². The Morgan fingerprint density at radius 1 is 1.17 bits per heavy atom. The number of ether oxygens (including phenoxy) is 1. The van der Waals surface area contributed by atoms with Crippen molar-refractivity contribution in [1.29, 1.82) is 0 Å². The Kier molecular flexibility index (Phi) is 8.56. The van der Waals surface area contributed by atoms with Gasteiger partial charge in [0.05, 0.1) is 33.4 Å². The number of aromatic nitrogens is 2. The van der Waals surface area contributed by atoms with Gasteiger partial charge >= 0.3 is 6.18 Å². The van der Waals surface area contributed by atoms with E-state index in [2.05, 4.69) is 5.16 Å². The number of hydrogen-bond donors (Lipinski definition) is 0. The Bertz CT molecular complexity index is 1540. The van der Waals surface area contributed by atoms with Gasteiger partial charge in [0, 0.05) is 47.6 Å². The van der Waals surface area contributed by atoms with Crippen LogP contribution < -0.4 is 10.3 Å². The van der Waals surface area contributed by atoms with Crippen LogP contribution in [-0.4, -0.2) is 46.3 Å². The lowest BCUT2D eigenvalue weighted by molar-refractivity contribution is -0.139. The molecule has 1 unspecified atom stereocenters. The normalized spacial score (nSPS) is 17.9. The molecule has 218 valence electrons. The zero-order chi connectivity index (χ0) is 29.5. The van der Waals surface area contributed by atoms with Gasteiger partial charge in [-0.3, -0.25) is 9.59 Å². The van der Waals surface area contributed by atoms with E-state index >= 15 is 0 Å². The number of halogens is 6. The molecule has 5 rings (SSSR count). The molecular weight excluding hydrogens is 628 g/mol. The number of methoxy groups -OCH3 is 1. The van der Waals surface area contributed by atoms with Crippen molar-refractivity contribution in [1.82, 2.24) is 14.5 Å². The molecule has 1 atom stereocenters. The maximum atomic E-state index is 13.3. The van der Waals surface area contributed by atoms with E-state index in [0.29, 0.717) is 76.7 Å². The van der Waals surface area contributed by atoms with Gasteiger partial charge in [0.2, 0.25) is 5.91 Å². The van der Waals surface area contributed by atoms with Gasteiger partial charge in [-0.1, -0.05) is 40.0 Å². The SMILES string of the molecule is COc1cc(C(F)(F)F)cn(CC(=O)N2CCC(c3nc(C4=NOC(c5c(Cl)cc(Cl)cc5Cl)C4)cs3)CC2)c1=O. The number of pyridine rings is 1. The summed E-state index contributed by atoms with van der Waals surface area (Å²) in [5.74, 6) is -0.836. The first-order valence-corrected chi connectivity index (χ1v) is 14.4. The number of oxime groups is 1. The van der Waals surface area contributed by atoms with Crippen LogP contribution in [-0.2, 0) is 22.4 Å². The average Bonchev–Trinajstić information content (AvgIpc) is 3.59. The van der Waals surface area contributed by atoms with Gasteiger partial charge in [0.15, 0.2) is 11.9 Å². The highest BCUT2D eigenvalue weighted by Crippen LogP contribution is 2.40. The number of hydrogen-bond acceptors (Lipinski definition) is 7. The zero-order valence-corrected chi connectivity index (χ0v) is 24.5. The van der Waals surface area contributed by atoms with Crippen molar-refractivity contribution in [2.75, 3.05) is 20.2 Å². The van der Waals surface area contributed by atoms with Crippen LogP contribution in [0.15, 0.2) is 39.7 Å². The number of carbonyl (C=O) groups excluding carboxylic acids is 1.